The van der Waals surface area contributed by atoms with Crippen molar-refractivity contribution in [1.29, 1.82) is 0 Å². The molecular formula is C24H24N2O3. The Balaban J connectivity index is 1.59. The van der Waals surface area contributed by atoms with Crippen LogP contribution in [0.15, 0.2) is 78.9 Å². The van der Waals surface area contributed by atoms with E-state index in [4.69, 9.17) is 4.74 Å². The van der Waals surface area contributed by atoms with Crippen molar-refractivity contribution in [3.63, 3.8) is 0 Å². The highest BCUT2D eigenvalue weighted by atomic mass is 16.5. The Morgan fingerprint density at radius 3 is 1.93 bits per heavy atom. The second kappa shape index (κ2) is 9.55. The maximum Gasteiger partial charge on any atom is 0.255 e. The number of rotatable bonds is 7. The minimum Gasteiger partial charge on any atom is -0.457 e. The number of amides is 2. The van der Waals surface area contributed by atoms with Gasteiger partial charge in [0, 0.05) is 22.9 Å². The first-order valence-corrected chi connectivity index (χ1v) is 9.60. The van der Waals surface area contributed by atoms with Gasteiger partial charge in [0.05, 0.1) is 0 Å². The van der Waals surface area contributed by atoms with E-state index in [0.29, 0.717) is 22.6 Å². The molecule has 0 radical (unpaired) electrons. The van der Waals surface area contributed by atoms with Gasteiger partial charge in [-0.25, -0.2) is 0 Å². The van der Waals surface area contributed by atoms with E-state index in [1.807, 2.05) is 44.2 Å². The summed E-state index contributed by atoms with van der Waals surface area (Å²) in [4.78, 5) is 24.6. The van der Waals surface area contributed by atoms with Crippen LogP contribution in [0, 0.1) is 0 Å². The summed E-state index contributed by atoms with van der Waals surface area (Å²) in [6.45, 7) is 3.97. The maximum absolute atomic E-state index is 12.5. The third-order valence-corrected chi connectivity index (χ3v) is 4.49. The zero-order valence-electron chi connectivity index (χ0n) is 16.5. The average Bonchev–Trinajstić information content (AvgIpc) is 2.75. The summed E-state index contributed by atoms with van der Waals surface area (Å²) < 4.78 is 5.74. The molecule has 0 aliphatic carbocycles. The Kier molecular flexibility index (Phi) is 6.63. The van der Waals surface area contributed by atoms with E-state index in [0.717, 1.165) is 12.2 Å². The van der Waals surface area contributed by atoms with E-state index in [1.54, 1.807) is 48.5 Å². The van der Waals surface area contributed by atoms with Crippen LogP contribution in [-0.2, 0) is 0 Å². The smallest absolute Gasteiger partial charge is 0.255 e. The predicted molar refractivity (Wildman–Crippen MR) is 115 cm³/mol. The van der Waals surface area contributed by atoms with E-state index in [1.165, 1.54) is 0 Å². The van der Waals surface area contributed by atoms with Crippen LogP contribution in [0.3, 0.4) is 0 Å². The van der Waals surface area contributed by atoms with Gasteiger partial charge < -0.3 is 15.4 Å². The molecule has 1 unspecified atom stereocenters. The topological polar surface area (TPSA) is 67.4 Å². The summed E-state index contributed by atoms with van der Waals surface area (Å²) in [5, 5.41) is 5.75. The van der Waals surface area contributed by atoms with E-state index >= 15 is 0 Å². The van der Waals surface area contributed by atoms with Crippen molar-refractivity contribution in [2.24, 2.45) is 0 Å². The second-order valence-electron chi connectivity index (χ2n) is 6.75. The quantitative estimate of drug-likeness (QED) is 0.580. The maximum atomic E-state index is 12.5. The molecule has 5 heteroatoms. The first-order chi connectivity index (χ1) is 14.0. The molecule has 0 spiro atoms. The second-order valence-corrected chi connectivity index (χ2v) is 6.75. The van der Waals surface area contributed by atoms with Gasteiger partial charge in [-0.05, 0) is 74.0 Å². The molecule has 148 valence electrons. The molecule has 3 rings (SSSR count). The van der Waals surface area contributed by atoms with Crippen LogP contribution in [-0.4, -0.2) is 17.9 Å². The highest BCUT2D eigenvalue weighted by molar-refractivity contribution is 6.05. The number of hydrogen-bond acceptors (Lipinski definition) is 3. The van der Waals surface area contributed by atoms with Crippen LogP contribution in [0.2, 0.25) is 0 Å². The van der Waals surface area contributed by atoms with Gasteiger partial charge in [0.1, 0.15) is 11.5 Å². The number of carbonyl (C=O) groups excluding carboxylic acids is 2. The number of carbonyl (C=O) groups is 2. The monoisotopic (exact) mass is 388 g/mol. The fourth-order valence-corrected chi connectivity index (χ4v) is 2.62. The molecule has 3 aromatic carbocycles. The van der Waals surface area contributed by atoms with Crippen LogP contribution >= 0.6 is 0 Å². The van der Waals surface area contributed by atoms with Crippen molar-refractivity contribution in [3.8, 4) is 11.5 Å². The Hall–Kier alpha value is -3.60. The van der Waals surface area contributed by atoms with Gasteiger partial charge in [-0.1, -0.05) is 25.1 Å². The molecule has 2 N–H and O–H groups in total. The fourth-order valence-electron chi connectivity index (χ4n) is 2.62. The molecule has 0 aromatic heterocycles. The van der Waals surface area contributed by atoms with Crippen LogP contribution in [0.5, 0.6) is 11.5 Å². The molecule has 1 atom stereocenters. The van der Waals surface area contributed by atoms with Crippen molar-refractivity contribution in [1.82, 2.24) is 5.32 Å². The standard InChI is InChI=1S/C24H24N2O3/c1-3-17(2)25-23(27)18-9-11-19(12-10-18)24(28)26-20-13-15-22(16-14-20)29-21-7-5-4-6-8-21/h4-17H,3H2,1-2H3,(H,25,27)(H,26,28). The average molecular weight is 388 g/mol. The van der Waals surface area contributed by atoms with Gasteiger partial charge >= 0.3 is 0 Å². The largest absolute Gasteiger partial charge is 0.457 e. The van der Waals surface area contributed by atoms with Gasteiger partial charge in [0.2, 0.25) is 0 Å². The third kappa shape index (κ3) is 5.69. The molecule has 0 saturated heterocycles. The lowest BCUT2D eigenvalue weighted by molar-refractivity contribution is 0.0937. The number of benzene rings is 3. The molecule has 2 amide bonds. The van der Waals surface area contributed by atoms with Crippen LogP contribution < -0.4 is 15.4 Å². The number of hydrogen-bond donors (Lipinski definition) is 2. The number of ether oxygens (including phenoxy) is 1. The molecule has 5 nitrogen and oxygen atoms in total. The van der Waals surface area contributed by atoms with E-state index in [2.05, 4.69) is 10.6 Å². The number of para-hydroxylation sites is 1. The van der Waals surface area contributed by atoms with Crippen LogP contribution in [0.25, 0.3) is 0 Å². The molecule has 29 heavy (non-hydrogen) atoms. The van der Waals surface area contributed by atoms with E-state index < -0.39 is 0 Å². The van der Waals surface area contributed by atoms with Crippen molar-refractivity contribution in [2.45, 2.75) is 26.3 Å². The van der Waals surface area contributed by atoms with E-state index in [-0.39, 0.29) is 17.9 Å². The minimum atomic E-state index is -0.240. The van der Waals surface area contributed by atoms with Gasteiger partial charge in [0.15, 0.2) is 0 Å². The first-order valence-electron chi connectivity index (χ1n) is 9.60. The zero-order valence-corrected chi connectivity index (χ0v) is 16.5. The molecule has 0 heterocycles. The number of anilines is 1. The molecule has 0 bridgehead atoms. The minimum absolute atomic E-state index is 0.110. The molecule has 3 aromatic rings. The molecule has 0 saturated carbocycles. The van der Waals surface area contributed by atoms with E-state index in [9.17, 15) is 9.59 Å². The summed E-state index contributed by atoms with van der Waals surface area (Å²) in [6.07, 6.45) is 0.863. The summed E-state index contributed by atoms with van der Waals surface area (Å²) in [6, 6.07) is 23.4. The molecule has 0 aliphatic heterocycles. The Morgan fingerprint density at radius 2 is 1.34 bits per heavy atom. The summed E-state index contributed by atoms with van der Waals surface area (Å²) >= 11 is 0. The summed E-state index contributed by atoms with van der Waals surface area (Å²) in [7, 11) is 0. The first kappa shape index (κ1) is 20.1. The normalized spacial score (nSPS) is 11.4. The highest BCUT2D eigenvalue weighted by Crippen LogP contribution is 2.23. The van der Waals surface area contributed by atoms with Gasteiger partial charge in [-0.3, -0.25) is 9.59 Å². The fraction of sp³-hybridized carbons (Fsp3) is 0.167. The Bertz CT molecular complexity index is 952. The lowest BCUT2D eigenvalue weighted by Gasteiger charge is -2.11. The van der Waals surface area contributed by atoms with Crippen molar-refractivity contribution < 1.29 is 14.3 Å². The molecule has 0 aliphatic rings. The van der Waals surface area contributed by atoms with Crippen molar-refractivity contribution in [3.05, 3.63) is 90.0 Å². The van der Waals surface area contributed by atoms with Gasteiger partial charge in [-0.2, -0.15) is 0 Å². The molecular weight excluding hydrogens is 364 g/mol. The van der Waals surface area contributed by atoms with Crippen molar-refractivity contribution >= 4 is 17.5 Å². The summed E-state index contributed by atoms with van der Waals surface area (Å²) in [5.74, 6) is 1.06. The lowest BCUT2D eigenvalue weighted by atomic mass is 10.1. The Morgan fingerprint density at radius 1 is 0.793 bits per heavy atom. The van der Waals surface area contributed by atoms with Crippen LogP contribution in [0.1, 0.15) is 41.0 Å². The van der Waals surface area contributed by atoms with Crippen molar-refractivity contribution in [2.75, 3.05) is 5.32 Å². The SMILES string of the molecule is CCC(C)NC(=O)c1ccc(C(=O)Nc2ccc(Oc3ccccc3)cc2)cc1. The molecule has 0 fully saturated rings. The lowest BCUT2D eigenvalue weighted by Crippen LogP contribution is -2.31. The van der Waals surface area contributed by atoms with Gasteiger partial charge in [0.25, 0.3) is 11.8 Å². The number of nitrogens with one attached hydrogen (secondary N) is 2. The third-order valence-electron chi connectivity index (χ3n) is 4.49. The zero-order chi connectivity index (χ0) is 20.6. The van der Waals surface area contributed by atoms with Gasteiger partial charge in [-0.15, -0.1) is 0 Å². The summed E-state index contributed by atoms with van der Waals surface area (Å²) in [5.41, 5.74) is 1.67. The predicted octanol–water partition coefficient (Wildman–Crippen LogP) is 5.26. The van der Waals surface area contributed by atoms with Crippen LogP contribution in [0.4, 0.5) is 5.69 Å². The Labute approximate surface area is 170 Å². The highest BCUT2D eigenvalue weighted by Gasteiger charge is 2.11.